The highest BCUT2D eigenvalue weighted by molar-refractivity contribution is 5.87. The van der Waals surface area contributed by atoms with E-state index in [2.05, 4.69) is 6.92 Å². The Kier molecular flexibility index (Phi) is 4.69. The van der Waals surface area contributed by atoms with E-state index in [0.29, 0.717) is 11.7 Å². The fraction of sp³-hybridized carbons (Fsp3) is 0.950. The van der Waals surface area contributed by atoms with Gasteiger partial charge in [-0.1, -0.05) is 20.8 Å². The second-order valence-electron chi connectivity index (χ2n) is 8.41. The molecule has 7 atom stereocenters. The van der Waals surface area contributed by atoms with Crippen LogP contribution in [0.4, 0.5) is 0 Å². The molecule has 4 fully saturated rings. The van der Waals surface area contributed by atoms with Crippen molar-refractivity contribution < 1.29 is 9.90 Å². The number of aliphatic hydroxyl groups is 1. The van der Waals surface area contributed by atoms with Crippen molar-refractivity contribution in [2.75, 3.05) is 0 Å². The Bertz CT molecular complexity index is 418. The molecule has 1 N–H and O–H groups in total. The molecule has 4 rings (SSSR count). The molecule has 22 heavy (non-hydrogen) atoms. The summed E-state index contributed by atoms with van der Waals surface area (Å²) in [6.07, 6.45) is 10.4. The zero-order valence-corrected chi connectivity index (χ0v) is 14.7. The summed E-state index contributed by atoms with van der Waals surface area (Å²) < 4.78 is 0. The molecule has 0 unspecified atom stereocenters. The van der Waals surface area contributed by atoms with Gasteiger partial charge in [-0.05, 0) is 81.0 Å². The first kappa shape index (κ1) is 16.5. The molecule has 4 aliphatic carbocycles. The van der Waals surface area contributed by atoms with Gasteiger partial charge in [0.05, 0.1) is 6.10 Å². The van der Waals surface area contributed by atoms with E-state index in [4.69, 9.17) is 0 Å². The Morgan fingerprint density at radius 1 is 0.955 bits per heavy atom. The van der Waals surface area contributed by atoms with Crippen LogP contribution in [0.1, 0.15) is 78.6 Å². The standard InChI is InChI=1S/C18H28O2.C2H6/c1-18-10-12-3-2-11-8-14(19)5-6-15(11)16(12)9-13(18)4-7-17(18)20;1-2/h11-16,19H,2-10H2,1H3;1-2H3/t11-,12+,13-,14-,15+,16+,18-;/m0./s1. The monoisotopic (exact) mass is 306 g/mol. The summed E-state index contributed by atoms with van der Waals surface area (Å²) in [6, 6.07) is 0. The summed E-state index contributed by atoms with van der Waals surface area (Å²) in [5, 5.41) is 9.93. The fourth-order valence-corrected chi connectivity index (χ4v) is 6.44. The number of Topliss-reactive ketones (excluding diaryl/α,β-unsaturated/α-hetero) is 1. The molecule has 126 valence electrons. The number of carbonyl (C=O) groups is 1. The summed E-state index contributed by atoms with van der Waals surface area (Å²) in [5.41, 5.74) is 0.0299. The topological polar surface area (TPSA) is 37.3 Å². The Labute approximate surface area is 136 Å². The van der Waals surface area contributed by atoms with E-state index < -0.39 is 0 Å². The van der Waals surface area contributed by atoms with Crippen LogP contribution in [-0.4, -0.2) is 17.0 Å². The van der Waals surface area contributed by atoms with Gasteiger partial charge in [-0.3, -0.25) is 4.79 Å². The van der Waals surface area contributed by atoms with Crippen LogP contribution in [-0.2, 0) is 4.79 Å². The summed E-state index contributed by atoms with van der Waals surface area (Å²) >= 11 is 0. The van der Waals surface area contributed by atoms with Gasteiger partial charge in [-0.15, -0.1) is 0 Å². The lowest BCUT2D eigenvalue weighted by molar-refractivity contribution is -0.132. The molecule has 0 aromatic heterocycles. The van der Waals surface area contributed by atoms with Crippen molar-refractivity contribution in [3.05, 3.63) is 0 Å². The van der Waals surface area contributed by atoms with Gasteiger partial charge in [0, 0.05) is 11.8 Å². The number of ketones is 1. The third-order valence-corrected chi connectivity index (χ3v) is 7.58. The number of rotatable bonds is 0. The first-order chi connectivity index (χ1) is 10.6. The Hall–Kier alpha value is -0.370. The third-order valence-electron chi connectivity index (χ3n) is 7.58. The highest BCUT2D eigenvalue weighted by atomic mass is 16.3. The van der Waals surface area contributed by atoms with Crippen molar-refractivity contribution in [2.24, 2.45) is 35.0 Å². The van der Waals surface area contributed by atoms with Crippen LogP contribution in [0.3, 0.4) is 0 Å². The lowest BCUT2D eigenvalue weighted by atomic mass is 9.51. The minimum atomic E-state index is -0.0327. The number of hydrogen-bond donors (Lipinski definition) is 1. The molecule has 0 saturated heterocycles. The summed E-state index contributed by atoms with van der Waals surface area (Å²) in [5.74, 6) is 4.53. The van der Waals surface area contributed by atoms with Crippen LogP contribution in [0.5, 0.6) is 0 Å². The van der Waals surface area contributed by atoms with E-state index in [1.807, 2.05) is 13.8 Å². The van der Waals surface area contributed by atoms with Crippen molar-refractivity contribution in [3.63, 3.8) is 0 Å². The number of hydrogen-bond acceptors (Lipinski definition) is 2. The summed E-state index contributed by atoms with van der Waals surface area (Å²) in [7, 11) is 0. The average molecular weight is 306 g/mol. The molecular weight excluding hydrogens is 272 g/mol. The first-order valence-electron chi connectivity index (χ1n) is 9.79. The normalized spacial score (nSPS) is 50.3. The van der Waals surface area contributed by atoms with Crippen LogP contribution in [0.2, 0.25) is 0 Å². The molecular formula is C20H34O2. The van der Waals surface area contributed by atoms with Gasteiger partial charge in [0.15, 0.2) is 0 Å². The number of fused-ring (bicyclic) bond motifs is 4. The van der Waals surface area contributed by atoms with Crippen molar-refractivity contribution in [2.45, 2.75) is 84.7 Å². The van der Waals surface area contributed by atoms with Gasteiger partial charge in [-0.25, -0.2) is 0 Å². The van der Waals surface area contributed by atoms with Gasteiger partial charge in [0.2, 0.25) is 0 Å². The second-order valence-corrected chi connectivity index (χ2v) is 8.41. The SMILES string of the molecule is CC.C[C@]12C[C@H]3CC[C@H]4C[C@@H](O)CC[C@H]4[C@@H]3C[C@@H]1CCC2=O. The Morgan fingerprint density at radius 3 is 2.45 bits per heavy atom. The van der Waals surface area contributed by atoms with E-state index in [-0.39, 0.29) is 11.5 Å². The summed E-state index contributed by atoms with van der Waals surface area (Å²) in [4.78, 5) is 12.3. The molecule has 0 bridgehead atoms. The Balaban J connectivity index is 0.000000693. The van der Waals surface area contributed by atoms with Crippen molar-refractivity contribution in [1.82, 2.24) is 0 Å². The van der Waals surface area contributed by atoms with E-state index in [9.17, 15) is 9.90 Å². The quantitative estimate of drug-likeness (QED) is 0.710. The molecule has 0 amide bonds. The van der Waals surface area contributed by atoms with Gasteiger partial charge in [-0.2, -0.15) is 0 Å². The molecule has 0 heterocycles. The van der Waals surface area contributed by atoms with E-state index in [1.54, 1.807) is 0 Å². The highest BCUT2D eigenvalue weighted by Crippen LogP contribution is 2.60. The molecule has 0 aromatic carbocycles. The molecule has 0 aromatic rings. The lowest BCUT2D eigenvalue weighted by Gasteiger charge is -2.53. The van der Waals surface area contributed by atoms with Gasteiger partial charge >= 0.3 is 0 Å². The maximum atomic E-state index is 12.3. The van der Waals surface area contributed by atoms with Gasteiger partial charge in [0.1, 0.15) is 5.78 Å². The number of carbonyl (C=O) groups excluding carboxylic acids is 1. The van der Waals surface area contributed by atoms with E-state index >= 15 is 0 Å². The predicted molar refractivity (Wildman–Crippen MR) is 89.5 cm³/mol. The van der Waals surface area contributed by atoms with E-state index in [0.717, 1.165) is 49.4 Å². The molecule has 0 radical (unpaired) electrons. The maximum Gasteiger partial charge on any atom is 0.139 e. The fourth-order valence-electron chi connectivity index (χ4n) is 6.44. The lowest BCUT2D eigenvalue weighted by Crippen LogP contribution is -2.47. The second kappa shape index (κ2) is 6.26. The molecule has 0 spiro atoms. The van der Waals surface area contributed by atoms with Crippen LogP contribution in [0, 0.1) is 35.0 Å². The van der Waals surface area contributed by atoms with Gasteiger partial charge in [0.25, 0.3) is 0 Å². The minimum Gasteiger partial charge on any atom is -0.393 e. The molecule has 4 saturated carbocycles. The van der Waals surface area contributed by atoms with Crippen molar-refractivity contribution in [3.8, 4) is 0 Å². The minimum absolute atomic E-state index is 0.0299. The molecule has 4 aliphatic rings. The van der Waals surface area contributed by atoms with Crippen LogP contribution < -0.4 is 0 Å². The van der Waals surface area contributed by atoms with Crippen molar-refractivity contribution in [1.29, 1.82) is 0 Å². The zero-order valence-electron chi connectivity index (χ0n) is 14.7. The van der Waals surface area contributed by atoms with Crippen LogP contribution >= 0.6 is 0 Å². The molecule has 0 aliphatic heterocycles. The average Bonchev–Trinajstić information content (AvgIpc) is 2.82. The maximum absolute atomic E-state index is 12.3. The van der Waals surface area contributed by atoms with Crippen LogP contribution in [0.15, 0.2) is 0 Å². The first-order valence-corrected chi connectivity index (χ1v) is 9.79. The van der Waals surface area contributed by atoms with E-state index in [1.165, 1.54) is 32.1 Å². The highest BCUT2D eigenvalue weighted by Gasteiger charge is 2.55. The smallest absolute Gasteiger partial charge is 0.139 e. The van der Waals surface area contributed by atoms with Crippen LogP contribution in [0.25, 0.3) is 0 Å². The molecule has 2 heteroatoms. The number of aliphatic hydroxyl groups excluding tert-OH is 1. The predicted octanol–water partition coefficient (Wildman–Crippen LogP) is 4.60. The zero-order chi connectivity index (χ0) is 15.9. The largest absolute Gasteiger partial charge is 0.393 e. The Morgan fingerprint density at radius 2 is 1.68 bits per heavy atom. The summed E-state index contributed by atoms with van der Waals surface area (Å²) in [6.45, 7) is 6.26. The van der Waals surface area contributed by atoms with Gasteiger partial charge < -0.3 is 5.11 Å². The third kappa shape index (κ3) is 2.56. The molecule has 2 nitrogen and oxygen atoms in total. The van der Waals surface area contributed by atoms with Crippen molar-refractivity contribution >= 4 is 5.78 Å².